The Bertz CT molecular complexity index is 711. The van der Waals surface area contributed by atoms with Crippen LogP contribution in [0.1, 0.15) is 0 Å². The first-order valence-electron chi connectivity index (χ1n) is 7.41. The third-order valence-corrected chi connectivity index (χ3v) is 5.12. The molecule has 4 heterocycles. The lowest BCUT2D eigenvalue weighted by Gasteiger charge is -2.34. The van der Waals surface area contributed by atoms with Crippen molar-refractivity contribution in [1.29, 1.82) is 0 Å². The van der Waals surface area contributed by atoms with Crippen molar-refractivity contribution in [2.75, 3.05) is 44.3 Å². The molecular formula is C14H15ClN6OS. The maximum Gasteiger partial charge on any atom is 0.153 e. The summed E-state index contributed by atoms with van der Waals surface area (Å²) in [6.45, 7) is 5.29. The first kappa shape index (κ1) is 15.1. The predicted molar refractivity (Wildman–Crippen MR) is 87.5 cm³/mol. The number of hydrogen-bond donors (Lipinski definition) is 0. The van der Waals surface area contributed by atoms with Gasteiger partial charge in [-0.05, 0) is 0 Å². The minimum atomic E-state index is 0.395. The Labute approximate surface area is 143 Å². The molecule has 2 aromatic rings. The summed E-state index contributed by atoms with van der Waals surface area (Å²) in [4.78, 5) is 5.63. The van der Waals surface area contributed by atoms with Crippen molar-refractivity contribution >= 4 is 34.7 Å². The molecule has 0 spiro atoms. The molecule has 0 bridgehead atoms. The molecule has 2 aliphatic rings. The smallest absolute Gasteiger partial charge is 0.153 e. The summed E-state index contributed by atoms with van der Waals surface area (Å²) in [6.07, 6.45) is 3.56. The maximum atomic E-state index is 6.05. The summed E-state index contributed by atoms with van der Waals surface area (Å²) in [5.41, 5.74) is 2.01. The van der Waals surface area contributed by atoms with E-state index in [1.165, 1.54) is 0 Å². The Morgan fingerprint density at radius 3 is 2.78 bits per heavy atom. The van der Waals surface area contributed by atoms with Gasteiger partial charge >= 0.3 is 0 Å². The lowest BCUT2D eigenvalue weighted by Crippen LogP contribution is -2.41. The highest BCUT2D eigenvalue weighted by Gasteiger charge is 2.26. The van der Waals surface area contributed by atoms with Crippen LogP contribution < -0.4 is 4.90 Å². The van der Waals surface area contributed by atoms with E-state index in [1.807, 2.05) is 6.07 Å². The van der Waals surface area contributed by atoms with Gasteiger partial charge in [0.1, 0.15) is 5.03 Å². The lowest BCUT2D eigenvalue weighted by atomic mass is 10.3. The van der Waals surface area contributed by atoms with Crippen LogP contribution in [0.2, 0.25) is 5.15 Å². The maximum absolute atomic E-state index is 6.05. The molecule has 1 saturated heterocycles. The van der Waals surface area contributed by atoms with Gasteiger partial charge < -0.3 is 9.64 Å². The van der Waals surface area contributed by atoms with Crippen LogP contribution in [-0.2, 0) is 4.74 Å². The van der Waals surface area contributed by atoms with Crippen molar-refractivity contribution < 1.29 is 4.74 Å². The summed E-state index contributed by atoms with van der Waals surface area (Å²) in [5.74, 6) is 0. The molecule has 1 fully saturated rings. The van der Waals surface area contributed by atoms with Crippen LogP contribution in [0, 0.1) is 0 Å². The second-order valence-electron chi connectivity index (χ2n) is 5.30. The first-order valence-corrected chi connectivity index (χ1v) is 8.60. The quantitative estimate of drug-likeness (QED) is 0.831. The third-order valence-electron chi connectivity index (χ3n) is 3.92. The minimum absolute atomic E-state index is 0.395. The highest BCUT2D eigenvalue weighted by molar-refractivity contribution is 7.99. The Morgan fingerprint density at radius 1 is 1.09 bits per heavy atom. The van der Waals surface area contributed by atoms with Crippen molar-refractivity contribution in [2.24, 2.45) is 0 Å². The molecule has 7 nitrogen and oxygen atoms in total. The van der Waals surface area contributed by atoms with Gasteiger partial charge in [-0.25, -0.2) is 0 Å². The number of anilines is 2. The summed E-state index contributed by atoms with van der Waals surface area (Å²) >= 11 is 7.60. The number of rotatable bonds is 3. The zero-order valence-corrected chi connectivity index (χ0v) is 13.9. The van der Waals surface area contributed by atoms with Gasteiger partial charge in [0, 0.05) is 32.2 Å². The predicted octanol–water partition coefficient (Wildman–Crippen LogP) is 1.85. The number of fused-ring (bicyclic) bond motifs is 2. The molecule has 0 saturated carbocycles. The van der Waals surface area contributed by atoms with Crippen molar-refractivity contribution in [1.82, 2.24) is 25.3 Å². The molecule has 0 aliphatic carbocycles. The van der Waals surface area contributed by atoms with E-state index in [-0.39, 0.29) is 0 Å². The van der Waals surface area contributed by atoms with Crippen LogP contribution in [-0.4, -0.2) is 64.7 Å². The fraction of sp³-hybridized carbons (Fsp3) is 0.429. The molecule has 0 N–H and O–H groups in total. The second kappa shape index (κ2) is 6.56. The number of aromatic nitrogens is 4. The van der Waals surface area contributed by atoms with Crippen LogP contribution in [0.5, 0.6) is 0 Å². The Kier molecular flexibility index (Phi) is 4.30. The zero-order chi connectivity index (χ0) is 15.6. The average Bonchev–Trinajstić information content (AvgIpc) is 2.60. The zero-order valence-electron chi connectivity index (χ0n) is 12.4. The van der Waals surface area contributed by atoms with E-state index < -0.39 is 0 Å². The molecule has 0 atom stereocenters. The molecule has 0 amide bonds. The monoisotopic (exact) mass is 350 g/mol. The highest BCUT2D eigenvalue weighted by atomic mass is 35.5. The van der Waals surface area contributed by atoms with E-state index in [2.05, 4.69) is 30.2 Å². The topological polar surface area (TPSA) is 67.3 Å². The normalized spacial score (nSPS) is 17.7. The average molecular weight is 351 g/mol. The van der Waals surface area contributed by atoms with Gasteiger partial charge in [-0.15, -0.1) is 10.2 Å². The number of nitrogens with zero attached hydrogens (tertiary/aromatic N) is 6. The van der Waals surface area contributed by atoms with E-state index in [9.17, 15) is 0 Å². The lowest BCUT2D eigenvalue weighted by molar-refractivity contribution is 0.0394. The molecule has 0 radical (unpaired) electrons. The van der Waals surface area contributed by atoms with Gasteiger partial charge in [0.2, 0.25) is 0 Å². The molecule has 120 valence electrons. The van der Waals surface area contributed by atoms with Gasteiger partial charge in [-0.2, -0.15) is 10.2 Å². The summed E-state index contributed by atoms with van der Waals surface area (Å²) in [6, 6.07) is 1.86. The van der Waals surface area contributed by atoms with E-state index >= 15 is 0 Å². The summed E-state index contributed by atoms with van der Waals surface area (Å²) in [5, 5.41) is 17.4. The van der Waals surface area contributed by atoms with E-state index in [0.29, 0.717) is 5.15 Å². The van der Waals surface area contributed by atoms with Gasteiger partial charge in [-0.1, -0.05) is 23.4 Å². The van der Waals surface area contributed by atoms with Crippen molar-refractivity contribution in [2.45, 2.75) is 9.92 Å². The van der Waals surface area contributed by atoms with E-state index in [4.69, 9.17) is 16.3 Å². The third kappa shape index (κ3) is 3.12. The fourth-order valence-corrected chi connectivity index (χ4v) is 3.81. The van der Waals surface area contributed by atoms with Gasteiger partial charge in [-0.3, -0.25) is 4.90 Å². The van der Waals surface area contributed by atoms with Crippen LogP contribution in [0.4, 0.5) is 11.4 Å². The van der Waals surface area contributed by atoms with Crippen LogP contribution in [0.15, 0.2) is 28.4 Å². The van der Waals surface area contributed by atoms with Crippen molar-refractivity contribution in [3.8, 4) is 0 Å². The number of halogens is 1. The summed E-state index contributed by atoms with van der Waals surface area (Å²) in [7, 11) is 0. The molecule has 4 rings (SSSR count). The number of hydrogen-bond acceptors (Lipinski definition) is 8. The van der Waals surface area contributed by atoms with Crippen LogP contribution in [0.3, 0.4) is 0 Å². The Balaban J connectivity index is 1.62. The van der Waals surface area contributed by atoms with Gasteiger partial charge in [0.15, 0.2) is 5.15 Å². The Hall–Kier alpha value is -1.48. The number of morpholine rings is 1. The summed E-state index contributed by atoms with van der Waals surface area (Å²) < 4.78 is 5.41. The number of ether oxygens (including phenoxy) is 1. The second-order valence-corrected chi connectivity index (χ2v) is 6.72. The first-order chi connectivity index (χ1) is 11.3. The largest absolute Gasteiger partial charge is 0.379 e. The van der Waals surface area contributed by atoms with Crippen LogP contribution in [0.25, 0.3) is 0 Å². The van der Waals surface area contributed by atoms with Crippen molar-refractivity contribution in [3.63, 3.8) is 0 Å². The molecular weight excluding hydrogens is 336 g/mol. The SMILES string of the molecule is Clc1cc2c(nn1)Sc1cnncc1N2CCN1CCOCC1. The highest BCUT2D eigenvalue weighted by Crippen LogP contribution is 2.46. The van der Waals surface area contributed by atoms with Gasteiger partial charge in [0.05, 0.1) is 41.9 Å². The molecule has 2 aliphatic heterocycles. The molecule has 9 heteroatoms. The molecule has 2 aromatic heterocycles. The van der Waals surface area contributed by atoms with E-state index in [0.717, 1.165) is 60.7 Å². The Morgan fingerprint density at radius 2 is 1.91 bits per heavy atom. The van der Waals surface area contributed by atoms with Crippen LogP contribution >= 0.6 is 23.4 Å². The van der Waals surface area contributed by atoms with E-state index in [1.54, 1.807) is 24.2 Å². The minimum Gasteiger partial charge on any atom is -0.379 e. The van der Waals surface area contributed by atoms with Crippen molar-refractivity contribution in [3.05, 3.63) is 23.6 Å². The standard InChI is InChI=1S/C14H15ClN6OS/c15-13-7-10-14(19-18-13)23-12-9-17-16-8-11(12)21(10)2-1-20-3-5-22-6-4-20/h7-9H,1-6H2. The fourth-order valence-electron chi connectivity index (χ4n) is 2.74. The molecule has 0 aromatic carbocycles. The van der Waals surface area contributed by atoms with Gasteiger partial charge in [0.25, 0.3) is 0 Å². The molecule has 23 heavy (non-hydrogen) atoms. The molecule has 0 unspecified atom stereocenters.